The molecule has 0 aliphatic carbocycles. The highest BCUT2D eigenvalue weighted by Gasteiger charge is 2.58. The van der Waals surface area contributed by atoms with Gasteiger partial charge < -0.3 is 20.1 Å². The summed E-state index contributed by atoms with van der Waals surface area (Å²) in [4.78, 5) is 2.09. The van der Waals surface area contributed by atoms with Gasteiger partial charge in [-0.1, -0.05) is 42.5 Å². The van der Waals surface area contributed by atoms with Crippen LogP contribution in [0.25, 0.3) is 5.57 Å². The molecule has 3 aliphatic heterocycles. The summed E-state index contributed by atoms with van der Waals surface area (Å²) in [6.45, 7) is 6.88. The minimum atomic E-state index is -0.949. The van der Waals surface area contributed by atoms with E-state index in [9.17, 15) is 5.11 Å². The normalized spacial score (nSPS) is 28.2. The van der Waals surface area contributed by atoms with Crippen LogP contribution >= 0.6 is 0 Å². The van der Waals surface area contributed by atoms with Gasteiger partial charge in [-0.25, -0.2) is 0 Å². The highest BCUT2D eigenvalue weighted by Crippen LogP contribution is 2.55. The molecule has 3 heterocycles. The largest absolute Gasteiger partial charge is 0.369 e. The van der Waals surface area contributed by atoms with E-state index < -0.39 is 12.0 Å². The van der Waals surface area contributed by atoms with Gasteiger partial charge in [0.1, 0.15) is 0 Å². The zero-order valence-electron chi connectivity index (χ0n) is 14.7. The van der Waals surface area contributed by atoms with Crippen molar-refractivity contribution in [2.75, 3.05) is 10.2 Å². The lowest BCUT2D eigenvalue weighted by Crippen LogP contribution is -2.58. The first-order valence-corrected chi connectivity index (χ1v) is 8.75. The summed E-state index contributed by atoms with van der Waals surface area (Å²) in [5, 5.41) is 14.9. The molecule has 2 N–H and O–H groups in total. The second kappa shape index (κ2) is 4.65. The van der Waals surface area contributed by atoms with Gasteiger partial charge in [0, 0.05) is 22.4 Å². The summed E-state index contributed by atoms with van der Waals surface area (Å²) in [6.07, 6.45) is 1.41. The maximum Gasteiger partial charge on any atom is 0.213 e. The summed E-state index contributed by atoms with van der Waals surface area (Å²) in [5.74, 6) is 0. The predicted octanol–water partition coefficient (Wildman–Crippen LogP) is 3.82. The van der Waals surface area contributed by atoms with Crippen LogP contribution in [0.4, 0.5) is 11.4 Å². The van der Waals surface area contributed by atoms with Gasteiger partial charge in [-0.15, -0.1) is 0 Å². The summed E-state index contributed by atoms with van der Waals surface area (Å²) in [7, 11) is 0. The van der Waals surface area contributed by atoms with Gasteiger partial charge in [0.15, 0.2) is 6.23 Å². The highest BCUT2D eigenvalue weighted by molar-refractivity contribution is 5.86. The van der Waals surface area contributed by atoms with E-state index in [0.717, 1.165) is 28.1 Å². The number of rotatable bonds is 0. The minimum Gasteiger partial charge on any atom is -0.369 e. The van der Waals surface area contributed by atoms with Gasteiger partial charge in [0.2, 0.25) is 5.72 Å². The second-order valence-corrected chi connectivity index (χ2v) is 7.73. The third-order valence-corrected chi connectivity index (χ3v) is 5.69. The van der Waals surface area contributed by atoms with Crippen LogP contribution in [-0.2, 0) is 17.1 Å². The number of para-hydroxylation sites is 2. The Labute approximate surface area is 147 Å². The van der Waals surface area contributed by atoms with E-state index in [4.69, 9.17) is 4.74 Å². The smallest absolute Gasteiger partial charge is 0.213 e. The molecule has 0 saturated carbocycles. The van der Waals surface area contributed by atoms with E-state index in [2.05, 4.69) is 55.3 Å². The molecule has 25 heavy (non-hydrogen) atoms. The van der Waals surface area contributed by atoms with E-state index in [1.165, 1.54) is 5.57 Å². The van der Waals surface area contributed by atoms with Crippen LogP contribution < -0.4 is 10.2 Å². The SMILES string of the molecule is CC1=CC(C)(C)N2c3c1cccc3[C@@]1(Nc3ccccc3CO1)[C@H]2O. The van der Waals surface area contributed by atoms with E-state index in [0.29, 0.717) is 6.61 Å². The van der Waals surface area contributed by atoms with Crippen molar-refractivity contribution in [2.45, 2.75) is 44.9 Å². The number of ether oxygens (including phenoxy) is 1. The Kier molecular flexibility index (Phi) is 2.79. The van der Waals surface area contributed by atoms with Gasteiger partial charge in [-0.05, 0) is 32.4 Å². The van der Waals surface area contributed by atoms with E-state index in [1.54, 1.807) is 0 Å². The third-order valence-electron chi connectivity index (χ3n) is 5.69. The molecule has 2 aromatic carbocycles. The average Bonchev–Trinajstić information content (AvgIpc) is 2.83. The fourth-order valence-electron chi connectivity index (χ4n) is 4.62. The zero-order valence-corrected chi connectivity index (χ0v) is 14.7. The van der Waals surface area contributed by atoms with Crippen molar-refractivity contribution in [3.63, 3.8) is 0 Å². The van der Waals surface area contributed by atoms with Gasteiger partial charge in [-0.2, -0.15) is 0 Å². The Balaban J connectivity index is 1.75. The van der Waals surface area contributed by atoms with Crippen LogP contribution in [0.2, 0.25) is 0 Å². The van der Waals surface area contributed by atoms with Crippen LogP contribution in [0.15, 0.2) is 48.5 Å². The zero-order chi connectivity index (χ0) is 17.4. The van der Waals surface area contributed by atoms with Crippen molar-refractivity contribution in [1.29, 1.82) is 0 Å². The van der Waals surface area contributed by atoms with Crippen LogP contribution in [0.3, 0.4) is 0 Å². The molecular formula is C21H22N2O2. The van der Waals surface area contributed by atoms with Crippen LogP contribution in [0, 0.1) is 0 Å². The summed E-state index contributed by atoms with van der Waals surface area (Å²) >= 11 is 0. The molecule has 0 fully saturated rings. The van der Waals surface area contributed by atoms with Crippen molar-refractivity contribution in [3.05, 3.63) is 65.2 Å². The van der Waals surface area contributed by atoms with Crippen LogP contribution in [-0.4, -0.2) is 16.9 Å². The Hall–Kier alpha value is -2.30. The maximum absolute atomic E-state index is 11.4. The Bertz CT molecular complexity index is 918. The number of nitrogens with zero attached hydrogens (tertiary/aromatic N) is 1. The molecule has 3 aliphatic rings. The summed E-state index contributed by atoms with van der Waals surface area (Å²) < 4.78 is 6.31. The Morgan fingerprint density at radius 3 is 2.80 bits per heavy atom. The number of benzene rings is 2. The lowest BCUT2D eigenvalue weighted by Gasteiger charge is -2.45. The molecular weight excluding hydrogens is 312 g/mol. The molecule has 0 saturated heterocycles. The molecule has 0 radical (unpaired) electrons. The van der Waals surface area contributed by atoms with Gasteiger partial charge in [0.25, 0.3) is 0 Å². The third kappa shape index (κ3) is 1.78. The molecule has 5 rings (SSSR count). The quantitative estimate of drug-likeness (QED) is 0.769. The Morgan fingerprint density at radius 2 is 1.96 bits per heavy atom. The number of allylic oxidation sites excluding steroid dienone is 1. The lowest BCUT2D eigenvalue weighted by molar-refractivity contribution is -0.119. The number of aliphatic hydroxyl groups excluding tert-OH is 1. The van der Waals surface area contributed by atoms with Crippen LogP contribution in [0.5, 0.6) is 0 Å². The maximum atomic E-state index is 11.4. The van der Waals surface area contributed by atoms with E-state index in [1.807, 2.05) is 24.3 Å². The number of hydrogen-bond donors (Lipinski definition) is 2. The number of nitrogens with one attached hydrogen (secondary N) is 1. The molecule has 0 aromatic heterocycles. The second-order valence-electron chi connectivity index (χ2n) is 7.73. The minimum absolute atomic E-state index is 0.294. The molecule has 4 nitrogen and oxygen atoms in total. The van der Waals surface area contributed by atoms with Gasteiger partial charge in [0.05, 0.1) is 17.8 Å². The molecule has 1 spiro atoms. The summed E-state index contributed by atoms with van der Waals surface area (Å²) in [6, 6.07) is 14.4. The van der Waals surface area contributed by atoms with Crippen molar-refractivity contribution in [3.8, 4) is 0 Å². The van der Waals surface area contributed by atoms with Gasteiger partial charge in [-0.3, -0.25) is 0 Å². The molecule has 0 amide bonds. The fourth-order valence-corrected chi connectivity index (χ4v) is 4.62. The average molecular weight is 334 g/mol. The van der Waals surface area contributed by atoms with E-state index >= 15 is 0 Å². The topological polar surface area (TPSA) is 44.7 Å². The van der Waals surface area contributed by atoms with Crippen molar-refractivity contribution in [2.24, 2.45) is 0 Å². The van der Waals surface area contributed by atoms with Crippen molar-refractivity contribution in [1.82, 2.24) is 0 Å². The first kappa shape index (κ1) is 15.0. The number of fused-ring (bicyclic) bond motifs is 2. The summed E-state index contributed by atoms with van der Waals surface area (Å²) in [5.41, 5.74) is 5.37. The van der Waals surface area contributed by atoms with Crippen molar-refractivity contribution < 1.29 is 9.84 Å². The van der Waals surface area contributed by atoms with Gasteiger partial charge >= 0.3 is 0 Å². The number of aliphatic hydroxyl groups is 1. The predicted molar refractivity (Wildman–Crippen MR) is 99.2 cm³/mol. The fraction of sp³-hybridized carbons (Fsp3) is 0.333. The highest BCUT2D eigenvalue weighted by atomic mass is 16.5. The standard InChI is InChI=1S/C21H22N2O2/c1-13-11-20(2,3)23-18-15(13)8-6-9-16(18)21(19(23)24)22-17-10-5-4-7-14(17)12-25-21/h4-11,19,22,24H,12H2,1-3H3/t19-,21+/m1/s1. The molecule has 0 bridgehead atoms. The first-order chi connectivity index (χ1) is 11.9. The molecule has 2 aromatic rings. The molecule has 4 heteroatoms. The lowest BCUT2D eigenvalue weighted by atomic mass is 9.89. The van der Waals surface area contributed by atoms with Crippen molar-refractivity contribution >= 4 is 16.9 Å². The number of hydrogen-bond acceptors (Lipinski definition) is 4. The first-order valence-electron chi connectivity index (χ1n) is 8.75. The molecule has 128 valence electrons. The number of anilines is 2. The Morgan fingerprint density at radius 1 is 1.16 bits per heavy atom. The molecule has 2 atom stereocenters. The van der Waals surface area contributed by atoms with Crippen LogP contribution in [0.1, 0.15) is 37.5 Å². The van der Waals surface area contributed by atoms with E-state index in [-0.39, 0.29) is 5.54 Å². The molecule has 0 unspecified atom stereocenters. The monoisotopic (exact) mass is 334 g/mol.